The molecule has 5 heterocycles. The molecule has 3 aromatic rings. The summed E-state index contributed by atoms with van der Waals surface area (Å²) in [5, 5.41) is 17.7. The predicted molar refractivity (Wildman–Crippen MR) is 177 cm³/mol. The van der Waals surface area contributed by atoms with Crippen molar-refractivity contribution in [2.45, 2.75) is 94.0 Å². The molecule has 0 bridgehead atoms. The number of hydrogen-bond acceptors (Lipinski definition) is 9. The van der Waals surface area contributed by atoms with Gasteiger partial charge in [-0.2, -0.15) is 0 Å². The fraction of sp³-hybridized carbons (Fsp3) is 0.486. The third-order valence-corrected chi connectivity index (χ3v) is 10.8. The summed E-state index contributed by atoms with van der Waals surface area (Å²) in [7, 11) is 0. The van der Waals surface area contributed by atoms with Crippen LogP contribution in [0.4, 0.5) is 4.79 Å². The minimum atomic E-state index is -1.42. The first-order valence-electron chi connectivity index (χ1n) is 16.8. The molecule has 0 radical (unpaired) electrons. The van der Waals surface area contributed by atoms with E-state index in [9.17, 15) is 24.3 Å². The van der Waals surface area contributed by atoms with Crippen LogP contribution in [0.5, 0.6) is 5.75 Å². The van der Waals surface area contributed by atoms with Crippen molar-refractivity contribution in [3.8, 4) is 17.1 Å². The minimum Gasteiger partial charge on any atom is -0.487 e. The average molecular weight is 674 g/mol. The minimum absolute atomic E-state index is 0.0737. The topological polar surface area (TPSA) is 160 Å². The Labute approximate surface area is 281 Å². The van der Waals surface area contributed by atoms with Crippen LogP contribution in [-0.4, -0.2) is 80.2 Å². The Morgan fingerprint density at radius 2 is 1.94 bits per heavy atom. The van der Waals surface area contributed by atoms with Gasteiger partial charge in [-0.3, -0.25) is 14.6 Å². The van der Waals surface area contributed by atoms with Gasteiger partial charge in [0.15, 0.2) is 0 Å². The highest BCUT2D eigenvalue weighted by Gasteiger charge is 2.61. The lowest BCUT2D eigenvalue weighted by Gasteiger charge is -2.30. The highest BCUT2D eigenvalue weighted by molar-refractivity contribution is 7.17. The summed E-state index contributed by atoms with van der Waals surface area (Å²) in [6.45, 7) is 0.0737. The molecule has 1 saturated heterocycles. The van der Waals surface area contributed by atoms with Crippen LogP contribution in [0.15, 0.2) is 54.1 Å². The second kappa shape index (κ2) is 13.5. The smallest absolute Gasteiger partial charge is 0.408 e. The molecule has 2 saturated carbocycles. The van der Waals surface area contributed by atoms with Crippen molar-refractivity contribution in [3.05, 3.63) is 54.1 Å². The number of carboxylic acid groups (broad SMARTS) is 1. The molecular weight excluding hydrogens is 634 g/mol. The summed E-state index contributed by atoms with van der Waals surface area (Å²) in [5.41, 5.74) is 0.630. The lowest BCUT2D eigenvalue weighted by molar-refractivity contribution is -0.145. The molecule has 3 aromatic heterocycles. The molecule has 3 fully saturated rings. The van der Waals surface area contributed by atoms with Gasteiger partial charge in [0.25, 0.3) is 0 Å². The zero-order valence-corrected chi connectivity index (χ0v) is 27.3. The van der Waals surface area contributed by atoms with E-state index in [1.165, 1.54) is 16.2 Å². The Kier molecular flexibility index (Phi) is 9.04. The molecule has 13 heteroatoms. The van der Waals surface area contributed by atoms with Gasteiger partial charge in [-0.25, -0.2) is 14.6 Å². The number of carbonyl (C=O) groups excluding carboxylic acids is 3. The van der Waals surface area contributed by atoms with Gasteiger partial charge in [-0.15, -0.1) is 11.3 Å². The van der Waals surface area contributed by atoms with Gasteiger partial charge in [0.05, 0.1) is 28.1 Å². The zero-order valence-electron chi connectivity index (χ0n) is 26.5. The molecule has 0 unspecified atom stereocenters. The molecule has 4 aliphatic rings. The van der Waals surface area contributed by atoms with Crippen LogP contribution in [-0.2, 0) is 19.1 Å². The second-order valence-electron chi connectivity index (χ2n) is 13.1. The number of pyridine rings is 2. The van der Waals surface area contributed by atoms with E-state index in [-0.39, 0.29) is 31.4 Å². The Hall–Kier alpha value is -4.52. The molecule has 7 rings (SSSR count). The van der Waals surface area contributed by atoms with Crippen molar-refractivity contribution in [3.63, 3.8) is 0 Å². The highest BCUT2D eigenvalue weighted by Crippen LogP contribution is 2.45. The van der Waals surface area contributed by atoms with Crippen molar-refractivity contribution in [2.24, 2.45) is 5.92 Å². The number of amides is 3. The van der Waals surface area contributed by atoms with E-state index in [1.807, 2.05) is 47.9 Å². The van der Waals surface area contributed by atoms with Gasteiger partial charge >= 0.3 is 12.1 Å². The molecule has 48 heavy (non-hydrogen) atoms. The van der Waals surface area contributed by atoms with E-state index >= 15 is 0 Å². The molecule has 12 nitrogen and oxygen atoms in total. The van der Waals surface area contributed by atoms with Crippen molar-refractivity contribution in [1.82, 2.24) is 25.5 Å². The first kappa shape index (κ1) is 32.0. The monoisotopic (exact) mass is 673 g/mol. The number of hydrogen-bond donors (Lipinski definition) is 3. The number of thiophene rings is 1. The third kappa shape index (κ3) is 6.60. The number of alkyl carbamates (subject to hydrolysis) is 1. The maximum atomic E-state index is 14.3. The van der Waals surface area contributed by atoms with E-state index in [0.717, 1.165) is 48.7 Å². The molecule has 3 amide bonds. The molecule has 0 spiro atoms. The van der Waals surface area contributed by atoms with Crippen LogP contribution < -0.4 is 15.4 Å². The van der Waals surface area contributed by atoms with Crippen molar-refractivity contribution >= 4 is 45.4 Å². The number of rotatable bonds is 6. The number of fused-ring (bicyclic) bond motifs is 3. The van der Waals surface area contributed by atoms with Gasteiger partial charge in [0, 0.05) is 24.6 Å². The zero-order chi connectivity index (χ0) is 33.3. The molecular formula is C35H39N5O7S. The summed E-state index contributed by atoms with van der Waals surface area (Å²) < 4.78 is 12.9. The Bertz CT molecular complexity index is 1730. The Morgan fingerprint density at radius 1 is 1.06 bits per heavy atom. The summed E-state index contributed by atoms with van der Waals surface area (Å²) >= 11 is 1.48. The number of ether oxygens (including phenoxy) is 2. The molecule has 0 aromatic carbocycles. The lowest BCUT2D eigenvalue weighted by atomic mass is 9.96. The summed E-state index contributed by atoms with van der Waals surface area (Å²) in [6, 6.07) is 7.38. The standard InChI is InChI=1S/C35H39N5O7S/c41-31-28-17-23(46-29-18-27(24-12-6-7-15-36-24)37-25-14-16-48-30(25)29)20-40(28)32(42)26(38-34(45)47-22-10-8-11-22)13-5-3-1-2-4-9-21-19-35(21,39-31)33(43)44/h4,6-7,9,12,14-16,18,21-23,26,28H,1-3,5,8,10-11,13,17,19-20H2,(H,38,45)(H,39,41)(H,43,44)/b9-4-/t21-,23+,26-,28-,35+/m0/s1. The first-order valence-corrected chi connectivity index (χ1v) is 17.6. The molecule has 2 aliphatic carbocycles. The third-order valence-electron chi connectivity index (χ3n) is 9.84. The number of carbonyl (C=O) groups is 4. The lowest BCUT2D eigenvalue weighted by Crippen LogP contribution is -2.56. The molecule has 2 aliphatic heterocycles. The summed E-state index contributed by atoms with van der Waals surface area (Å²) in [6.07, 6.45) is 10.7. The second-order valence-corrected chi connectivity index (χ2v) is 14.1. The van der Waals surface area contributed by atoms with E-state index in [1.54, 1.807) is 6.20 Å². The number of allylic oxidation sites excluding steroid dienone is 1. The predicted octanol–water partition coefficient (Wildman–Crippen LogP) is 4.83. The highest BCUT2D eigenvalue weighted by atomic mass is 32.1. The number of aromatic nitrogens is 2. The number of carboxylic acids is 1. The molecule has 252 valence electrons. The van der Waals surface area contributed by atoms with Gasteiger partial charge in [-0.1, -0.05) is 31.1 Å². The van der Waals surface area contributed by atoms with Crippen LogP contribution in [0.2, 0.25) is 0 Å². The fourth-order valence-corrected chi connectivity index (χ4v) is 7.59. The van der Waals surface area contributed by atoms with E-state index in [4.69, 9.17) is 14.5 Å². The normalized spacial score (nSPS) is 28.5. The van der Waals surface area contributed by atoms with Crippen LogP contribution in [0.25, 0.3) is 21.6 Å². The average Bonchev–Trinajstić information content (AvgIpc) is 3.35. The number of nitrogens with zero attached hydrogens (tertiary/aromatic N) is 3. The van der Waals surface area contributed by atoms with Gasteiger partial charge in [0.1, 0.15) is 35.6 Å². The maximum Gasteiger partial charge on any atom is 0.408 e. The van der Waals surface area contributed by atoms with E-state index in [0.29, 0.717) is 30.0 Å². The van der Waals surface area contributed by atoms with E-state index < -0.39 is 47.6 Å². The maximum absolute atomic E-state index is 14.3. The van der Waals surface area contributed by atoms with Crippen LogP contribution >= 0.6 is 11.3 Å². The quantitative estimate of drug-likeness (QED) is 0.312. The van der Waals surface area contributed by atoms with Gasteiger partial charge in [-0.05, 0) is 68.5 Å². The first-order chi connectivity index (χ1) is 23.3. The Morgan fingerprint density at radius 3 is 2.71 bits per heavy atom. The fourth-order valence-electron chi connectivity index (χ4n) is 6.80. The van der Waals surface area contributed by atoms with Gasteiger partial charge in [0.2, 0.25) is 11.8 Å². The van der Waals surface area contributed by atoms with Crippen molar-refractivity contribution in [1.29, 1.82) is 0 Å². The van der Waals surface area contributed by atoms with Crippen LogP contribution in [0.1, 0.15) is 64.2 Å². The SMILES string of the molecule is O=C(N[C@H]1CCCCC/C=C\[C@H]2C[C@@]2(C(=O)O)NC(=O)[C@@H]2C[C@@H](Oc3cc(-c4ccccn4)nc4ccsc34)CN2C1=O)OC1CCC1. The Balaban J connectivity index is 1.18. The summed E-state index contributed by atoms with van der Waals surface area (Å²) in [5.74, 6) is -1.84. The molecule has 3 N–H and O–H groups in total. The van der Waals surface area contributed by atoms with Crippen LogP contribution in [0, 0.1) is 5.92 Å². The van der Waals surface area contributed by atoms with Crippen molar-refractivity contribution in [2.75, 3.05) is 6.54 Å². The summed E-state index contributed by atoms with van der Waals surface area (Å²) in [4.78, 5) is 64.2. The van der Waals surface area contributed by atoms with E-state index in [2.05, 4.69) is 15.6 Å². The molecule has 5 atom stereocenters. The van der Waals surface area contributed by atoms with Gasteiger partial charge < -0.3 is 30.1 Å². The number of aliphatic carboxylic acids is 1. The van der Waals surface area contributed by atoms with Crippen molar-refractivity contribution < 1.29 is 33.8 Å². The largest absolute Gasteiger partial charge is 0.487 e. The van der Waals surface area contributed by atoms with Crippen LogP contribution in [0.3, 0.4) is 0 Å². The number of nitrogens with one attached hydrogen (secondary N) is 2.